The van der Waals surface area contributed by atoms with Crippen molar-refractivity contribution in [3.05, 3.63) is 33.1 Å². The summed E-state index contributed by atoms with van der Waals surface area (Å²) in [4.78, 5) is 24.7. The summed E-state index contributed by atoms with van der Waals surface area (Å²) in [6.45, 7) is 0.733. The molecule has 1 aliphatic rings. The van der Waals surface area contributed by atoms with E-state index in [0.717, 1.165) is 16.8 Å². The number of thiol groups is 1. The molecule has 1 aromatic heterocycles. The minimum Gasteiger partial charge on any atom is -0.393 e. The fourth-order valence-corrected chi connectivity index (χ4v) is 2.96. The molecular formula is C10H13FN2O6PS+. The largest absolute Gasteiger partial charge is 0.582 e. The Hall–Kier alpha value is -1.06. The topological polar surface area (TPSA) is 111 Å². The molecule has 0 saturated carbocycles. The van der Waals surface area contributed by atoms with Crippen LogP contribution in [0.5, 0.6) is 0 Å². The molecule has 21 heavy (non-hydrogen) atoms. The van der Waals surface area contributed by atoms with Gasteiger partial charge in [-0.15, -0.1) is 4.52 Å². The number of hydrogen-bond acceptors (Lipinski definition) is 6. The molecule has 0 aromatic carbocycles. The third-order valence-electron chi connectivity index (χ3n) is 3.20. The molecule has 0 aliphatic carbocycles. The number of nitrogens with one attached hydrogen (secondary N) is 1. The summed E-state index contributed by atoms with van der Waals surface area (Å²) in [6.07, 6.45) is -3.64. The van der Waals surface area contributed by atoms with E-state index in [1.54, 1.807) is 0 Å². The average Bonchev–Trinajstić information content (AvgIpc) is 2.64. The SMILES string of the molecule is C[C@]1(CO)O[C@@H](n2ccc(=O)[nH]c2=O)[C@@H](F)C1O[P+](=O)S. The summed E-state index contributed by atoms with van der Waals surface area (Å²) in [6, 6.07) is 1.03. The first kappa shape index (κ1) is 16.3. The van der Waals surface area contributed by atoms with Gasteiger partial charge < -0.3 is 9.84 Å². The van der Waals surface area contributed by atoms with Gasteiger partial charge in [0.2, 0.25) is 0 Å². The van der Waals surface area contributed by atoms with Crippen LogP contribution < -0.4 is 11.2 Å². The van der Waals surface area contributed by atoms with E-state index in [2.05, 4.69) is 12.2 Å². The van der Waals surface area contributed by atoms with Crippen molar-refractivity contribution in [1.29, 1.82) is 0 Å². The van der Waals surface area contributed by atoms with Crippen molar-refractivity contribution >= 4 is 19.5 Å². The van der Waals surface area contributed by atoms with Crippen LogP contribution in [0.1, 0.15) is 13.2 Å². The van der Waals surface area contributed by atoms with Crippen molar-refractivity contribution in [2.75, 3.05) is 6.61 Å². The number of aromatic amines is 1. The van der Waals surface area contributed by atoms with Gasteiger partial charge in [-0.05, 0) is 11.5 Å². The van der Waals surface area contributed by atoms with Crippen LogP contribution in [0.25, 0.3) is 0 Å². The Morgan fingerprint density at radius 2 is 2.33 bits per heavy atom. The second kappa shape index (κ2) is 5.98. The normalized spacial score (nSPS) is 33.1. The molecule has 11 heteroatoms. The smallest absolute Gasteiger partial charge is 0.393 e. The lowest BCUT2D eigenvalue weighted by molar-refractivity contribution is -0.112. The lowest BCUT2D eigenvalue weighted by Crippen LogP contribution is -2.43. The van der Waals surface area contributed by atoms with E-state index < -0.39 is 49.2 Å². The third-order valence-corrected chi connectivity index (χ3v) is 3.89. The van der Waals surface area contributed by atoms with Gasteiger partial charge in [0.15, 0.2) is 18.5 Å². The van der Waals surface area contributed by atoms with E-state index in [1.165, 1.54) is 6.92 Å². The Bertz CT molecular complexity index is 665. The van der Waals surface area contributed by atoms with Crippen LogP contribution in [0.15, 0.2) is 21.9 Å². The second-order valence-corrected chi connectivity index (χ2v) is 6.37. The molecule has 2 N–H and O–H groups in total. The highest BCUT2D eigenvalue weighted by atomic mass is 32.7. The van der Waals surface area contributed by atoms with Gasteiger partial charge in [-0.1, -0.05) is 0 Å². The predicted octanol–water partition coefficient (Wildman–Crippen LogP) is 0.127. The molecule has 0 bridgehead atoms. The van der Waals surface area contributed by atoms with E-state index >= 15 is 0 Å². The summed E-state index contributed by atoms with van der Waals surface area (Å²) in [5.41, 5.74) is -3.01. The van der Waals surface area contributed by atoms with Crippen LogP contribution in [0.2, 0.25) is 0 Å². The first-order valence-corrected chi connectivity index (χ1v) is 8.18. The van der Waals surface area contributed by atoms with Gasteiger partial charge in [-0.2, -0.15) is 0 Å². The maximum absolute atomic E-state index is 14.5. The molecule has 8 nitrogen and oxygen atoms in total. The monoisotopic (exact) mass is 339 g/mol. The molecule has 2 rings (SSSR count). The van der Waals surface area contributed by atoms with Gasteiger partial charge in [0.1, 0.15) is 17.8 Å². The number of aliphatic hydroxyl groups is 1. The van der Waals surface area contributed by atoms with Gasteiger partial charge in [-0.3, -0.25) is 14.3 Å². The fraction of sp³-hybridized carbons (Fsp3) is 0.600. The van der Waals surface area contributed by atoms with Crippen molar-refractivity contribution < 1.29 is 23.3 Å². The van der Waals surface area contributed by atoms with Crippen LogP contribution in [-0.4, -0.2) is 39.1 Å². The molecule has 5 atom stereocenters. The number of hydrogen-bond donors (Lipinski definition) is 3. The highest BCUT2D eigenvalue weighted by molar-refractivity contribution is 8.39. The zero-order valence-electron chi connectivity index (χ0n) is 10.8. The number of alkyl halides is 1. The Kier molecular flexibility index (Phi) is 4.64. The Morgan fingerprint density at radius 3 is 2.86 bits per heavy atom. The van der Waals surface area contributed by atoms with Crippen molar-refractivity contribution in [3.8, 4) is 0 Å². The molecule has 116 valence electrons. The van der Waals surface area contributed by atoms with Crippen LogP contribution in [0.4, 0.5) is 4.39 Å². The standard InChI is InChI=1S/C10H12FN2O6PS/c1-10(4-14)7(19-20(17)21)6(11)8(18-10)13-3-2-5(15)12-9(13)16/h2-3,6-8,14H,4H2,1H3,(H-,12,15,16,17,21)/p+1/t6-,7?,8+,10+/m0/s1. The van der Waals surface area contributed by atoms with Crippen molar-refractivity contribution in [3.63, 3.8) is 0 Å². The Morgan fingerprint density at radius 1 is 1.67 bits per heavy atom. The molecule has 2 heterocycles. The second-order valence-electron chi connectivity index (χ2n) is 4.70. The number of rotatable bonds is 4. The quantitative estimate of drug-likeness (QED) is 0.531. The van der Waals surface area contributed by atoms with Crippen molar-refractivity contribution in [2.45, 2.75) is 31.0 Å². The zero-order chi connectivity index (χ0) is 15.8. The van der Waals surface area contributed by atoms with Crippen LogP contribution in [-0.2, 0) is 13.8 Å². The molecule has 0 amide bonds. The van der Waals surface area contributed by atoms with Crippen LogP contribution >= 0.6 is 19.5 Å². The number of H-pyrrole nitrogens is 1. The maximum Gasteiger partial charge on any atom is 0.582 e. The first-order chi connectivity index (χ1) is 9.78. The summed E-state index contributed by atoms with van der Waals surface area (Å²) in [5.74, 6) is 0. The number of aliphatic hydroxyl groups excluding tert-OH is 1. The van der Waals surface area contributed by atoms with Crippen LogP contribution in [0, 0.1) is 0 Å². The molecular weight excluding hydrogens is 326 g/mol. The minimum atomic E-state index is -2.43. The molecule has 0 spiro atoms. The molecule has 1 aromatic rings. The molecule has 1 fully saturated rings. The minimum absolute atomic E-state index is 0.621. The number of nitrogens with zero attached hydrogens (tertiary/aromatic N) is 1. The van der Waals surface area contributed by atoms with Crippen molar-refractivity contribution in [1.82, 2.24) is 9.55 Å². The molecule has 0 radical (unpaired) electrons. The number of halogens is 1. The van der Waals surface area contributed by atoms with Gasteiger partial charge in [0.05, 0.1) is 6.61 Å². The fourth-order valence-electron chi connectivity index (χ4n) is 2.13. The van der Waals surface area contributed by atoms with Crippen LogP contribution in [0.3, 0.4) is 0 Å². The van der Waals surface area contributed by atoms with Gasteiger partial charge >= 0.3 is 12.9 Å². The van der Waals surface area contributed by atoms with Gasteiger partial charge in [0, 0.05) is 12.3 Å². The van der Waals surface area contributed by atoms with E-state index in [9.17, 15) is 23.7 Å². The molecule has 2 unspecified atom stereocenters. The summed E-state index contributed by atoms with van der Waals surface area (Å²) >= 11 is 3.55. The first-order valence-electron chi connectivity index (χ1n) is 5.85. The van der Waals surface area contributed by atoms with Gasteiger partial charge in [-0.25, -0.2) is 9.18 Å². The van der Waals surface area contributed by atoms with E-state index in [0.29, 0.717) is 0 Å². The highest BCUT2D eigenvalue weighted by Crippen LogP contribution is 2.44. The molecule has 1 aliphatic heterocycles. The van der Waals surface area contributed by atoms with Gasteiger partial charge in [0.25, 0.3) is 5.56 Å². The predicted molar refractivity (Wildman–Crippen MR) is 73.3 cm³/mol. The number of aromatic nitrogens is 2. The van der Waals surface area contributed by atoms with E-state index in [1.807, 2.05) is 4.98 Å². The zero-order valence-corrected chi connectivity index (χ0v) is 12.6. The summed E-state index contributed by atoms with van der Waals surface area (Å²) in [5, 5.41) is 9.37. The van der Waals surface area contributed by atoms with Crippen molar-refractivity contribution in [2.24, 2.45) is 0 Å². The summed E-state index contributed by atoms with van der Waals surface area (Å²) in [7, 11) is -2.43. The maximum atomic E-state index is 14.5. The lowest BCUT2D eigenvalue weighted by Gasteiger charge is -2.24. The highest BCUT2D eigenvalue weighted by Gasteiger charge is 2.58. The number of ether oxygens (including phenoxy) is 1. The lowest BCUT2D eigenvalue weighted by atomic mass is 9.99. The van der Waals surface area contributed by atoms with E-state index in [4.69, 9.17) is 9.26 Å². The van der Waals surface area contributed by atoms with E-state index in [-0.39, 0.29) is 0 Å². The third kappa shape index (κ3) is 3.09. The summed E-state index contributed by atoms with van der Waals surface area (Å²) < 4.78 is 36.6. The Balaban J connectivity index is 2.41. The molecule has 1 saturated heterocycles. The Labute approximate surface area is 123 Å². The average molecular weight is 339 g/mol.